The van der Waals surface area contributed by atoms with Gasteiger partial charge in [-0.25, -0.2) is 5.43 Å². The summed E-state index contributed by atoms with van der Waals surface area (Å²) in [5, 5.41) is 21.4. The average molecular weight is 582 g/mol. The summed E-state index contributed by atoms with van der Waals surface area (Å²) in [4.78, 5) is 35.3. The molecule has 0 bridgehead atoms. The number of hydrogen-bond donors (Lipinski definition) is 5. The summed E-state index contributed by atoms with van der Waals surface area (Å²) in [6, 6.07) is -2.22. The topological polar surface area (TPSA) is 137 Å². The van der Waals surface area contributed by atoms with Crippen molar-refractivity contribution in [1.29, 1.82) is 0 Å². The van der Waals surface area contributed by atoms with Gasteiger partial charge in [-0.15, -0.1) is 0 Å². The fourth-order valence-electron chi connectivity index (χ4n) is 2.17. The Balaban J connectivity index is 0.00000576. The van der Waals surface area contributed by atoms with Crippen LogP contribution in [0, 0.1) is 43.6 Å². The second-order valence-corrected chi connectivity index (χ2v) is 6.17. The van der Waals surface area contributed by atoms with Gasteiger partial charge in [0.25, 0.3) is 0 Å². The van der Waals surface area contributed by atoms with Gasteiger partial charge in [0.2, 0.25) is 11.7 Å². The van der Waals surface area contributed by atoms with Crippen LogP contribution >= 0.6 is 0 Å². The van der Waals surface area contributed by atoms with Gasteiger partial charge in [-0.3, -0.25) is 19.8 Å². The Labute approximate surface area is 171 Å². The van der Waals surface area contributed by atoms with Crippen molar-refractivity contribution in [2.24, 2.45) is 5.92 Å². The van der Waals surface area contributed by atoms with Gasteiger partial charge in [0, 0.05) is 38.0 Å². The maximum absolute atomic E-state index is 12.2. The molecule has 5 atom stereocenters. The number of aliphatic hydroxyl groups is 2. The molecule has 0 radical (unpaired) electrons. The van der Waals surface area contributed by atoms with E-state index in [9.17, 15) is 19.5 Å². The van der Waals surface area contributed by atoms with Crippen LogP contribution < -0.4 is 16.2 Å². The molecule has 0 aromatic carbocycles. The molecule has 0 saturated carbocycles. The second kappa shape index (κ2) is 11.4. The van der Waals surface area contributed by atoms with E-state index in [1.54, 1.807) is 20.8 Å². The van der Waals surface area contributed by atoms with Crippen LogP contribution in [0.5, 0.6) is 0 Å². The number of nitrogens with one attached hydrogen (secondary N) is 3. The number of rotatable bonds is 9. The van der Waals surface area contributed by atoms with E-state index in [0.29, 0.717) is 0 Å². The van der Waals surface area contributed by atoms with Crippen molar-refractivity contribution < 1.29 is 60.4 Å². The Bertz CT molecular complexity index is 476. The van der Waals surface area contributed by atoms with E-state index in [2.05, 4.69) is 16.2 Å². The van der Waals surface area contributed by atoms with E-state index in [1.807, 2.05) is 0 Å². The molecule has 2 unspecified atom stereocenters. The Morgan fingerprint density at radius 2 is 1.84 bits per heavy atom. The fraction of sp³-hybridized carbons (Fsp3) is 0.733. The predicted molar refractivity (Wildman–Crippen MR) is 84.2 cm³/mol. The van der Waals surface area contributed by atoms with E-state index in [0.717, 1.165) is 0 Å². The second-order valence-electron chi connectivity index (χ2n) is 6.17. The number of aliphatic hydroxyl groups excluding tert-OH is 2. The van der Waals surface area contributed by atoms with Gasteiger partial charge in [-0.2, -0.15) is 6.61 Å². The van der Waals surface area contributed by atoms with Crippen molar-refractivity contribution in [3.05, 3.63) is 6.61 Å². The standard InChI is InChI=1S/C15H26N3O6.U/c1-7(2)12(13(21)9(4)20)16-15(23)8(3)17-18-10-6-24-11(5-19)14(10)22;/h6-8,10-12,14,17-19,22H,5H2,1-4H3,(H,16,23);/q-1;/t8?,10-,11-,12+,14?;/m1./s1. The average Bonchev–Trinajstić information content (AvgIpc) is 2.88. The number of ether oxygens (including phenoxy) is 1. The first-order chi connectivity index (χ1) is 11.2. The largest absolute Gasteiger partial charge is 0.545 e. The number of ketones is 2. The molecule has 142 valence electrons. The van der Waals surface area contributed by atoms with Gasteiger partial charge in [0.15, 0.2) is 5.78 Å². The van der Waals surface area contributed by atoms with Crippen molar-refractivity contribution in [3.63, 3.8) is 0 Å². The van der Waals surface area contributed by atoms with Crippen molar-refractivity contribution in [2.45, 2.75) is 58.0 Å². The van der Waals surface area contributed by atoms with Crippen molar-refractivity contribution in [3.8, 4) is 0 Å². The molecule has 1 aliphatic heterocycles. The summed E-state index contributed by atoms with van der Waals surface area (Å²) in [5.74, 6) is -1.95. The number of hydrazine groups is 1. The smallest absolute Gasteiger partial charge is 0.238 e. The number of carbonyl (C=O) groups is 3. The normalized spacial score (nSPS) is 25.2. The van der Waals surface area contributed by atoms with Crippen molar-refractivity contribution >= 4 is 17.5 Å². The van der Waals surface area contributed by atoms with E-state index in [-0.39, 0.29) is 43.6 Å². The van der Waals surface area contributed by atoms with Gasteiger partial charge in [0.05, 0.1) is 30.9 Å². The maximum atomic E-state index is 12.2. The third-order valence-electron chi connectivity index (χ3n) is 3.78. The van der Waals surface area contributed by atoms with Crippen LogP contribution in [0.15, 0.2) is 0 Å². The van der Waals surface area contributed by atoms with Crippen LogP contribution in [-0.2, 0) is 19.1 Å². The minimum absolute atomic E-state index is 0. The molecule has 1 aliphatic rings. The molecule has 1 fully saturated rings. The number of Topliss-reactive ketones (excluding diaryl/α,β-unsaturated/α-hetero) is 2. The van der Waals surface area contributed by atoms with E-state index < -0.39 is 47.8 Å². The monoisotopic (exact) mass is 582 g/mol. The quantitative estimate of drug-likeness (QED) is 0.120. The molecule has 10 heteroatoms. The first-order valence-electron chi connectivity index (χ1n) is 7.83. The molecule has 5 N–H and O–H groups in total. The summed E-state index contributed by atoms with van der Waals surface area (Å²) < 4.78 is 5.06. The van der Waals surface area contributed by atoms with E-state index in [4.69, 9.17) is 9.84 Å². The minimum Gasteiger partial charge on any atom is -0.545 e. The Hall–Kier alpha value is -0.338. The van der Waals surface area contributed by atoms with Gasteiger partial charge >= 0.3 is 0 Å². The van der Waals surface area contributed by atoms with Crippen molar-refractivity contribution in [2.75, 3.05) is 6.61 Å². The third-order valence-corrected chi connectivity index (χ3v) is 3.78. The summed E-state index contributed by atoms with van der Waals surface area (Å²) in [7, 11) is 0. The Morgan fingerprint density at radius 3 is 2.28 bits per heavy atom. The fourth-order valence-corrected chi connectivity index (χ4v) is 2.17. The molecule has 0 aromatic heterocycles. The maximum Gasteiger partial charge on any atom is 0.238 e. The molecule has 0 spiro atoms. The molecule has 0 aliphatic carbocycles. The molecule has 1 amide bonds. The molecule has 25 heavy (non-hydrogen) atoms. The zero-order valence-electron chi connectivity index (χ0n) is 14.8. The van der Waals surface area contributed by atoms with Crippen molar-refractivity contribution in [1.82, 2.24) is 16.2 Å². The minimum atomic E-state index is -0.958. The van der Waals surface area contributed by atoms with Crippen LogP contribution in [0.2, 0.25) is 0 Å². The Morgan fingerprint density at radius 1 is 1.24 bits per heavy atom. The summed E-state index contributed by atoms with van der Waals surface area (Å²) >= 11 is 0. The van der Waals surface area contributed by atoms with Crippen LogP contribution in [0.25, 0.3) is 0 Å². The SMILES string of the molecule is CC(=O)C(=O)[C@@H](NC(=O)C(C)NN[C@@H]1[CH-]O[C@H](CO)C1O)C(C)C.[U]. The zero-order valence-corrected chi connectivity index (χ0v) is 18.9. The van der Waals surface area contributed by atoms with Crippen LogP contribution in [0.1, 0.15) is 27.7 Å². The number of carbonyl (C=O) groups excluding carboxylic acids is 3. The first-order valence-corrected chi connectivity index (χ1v) is 7.83. The van der Waals surface area contributed by atoms with Gasteiger partial charge in [-0.1, -0.05) is 19.9 Å². The molecular formula is C15H26N3O6U-. The summed E-state index contributed by atoms with van der Waals surface area (Å²) in [6.45, 7) is 7.21. The summed E-state index contributed by atoms with van der Waals surface area (Å²) in [6.07, 6.45) is -1.67. The molecule has 1 heterocycles. The van der Waals surface area contributed by atoms with Crippen LogP contribution in [0.3, 0.4) is 0 Å². The molecule has 1 saturated heterocycles. The van der Waals surface area contributed by atoms with Gasteiger partial charge < -0.3 is 20.3 Å². The summed E-state index contributed by atoms with van der Waals surface area (Å²) in [5.41, 5.74) is 5.43. The number of amides is 1. The molecular weight excluding hydrogens is 556 g/mol. The van der Waals surface area contributed by atoms with Crippen LogP contribution in [-0.4, -0.2) is 64.6 Å². The zero-order chi connectivity index (χ0) is 18.4. The van der Waals surface area contributed by atoms with E-state index >= 15 is 0 Å². The van der Waals surface area contributed by atoms with Gasteiger partial charge in [-0.05, 0) is 12.8 Å². The molecule has 9 nitrogen and oxygen atoms in total. The third kappa shape index (κ3) is 7.06. The number of hydrogen-bond acceptors (Lipinski definition) is 8. The first kappa shape index (κ1) is 24.7. The predicted octanol–water partition coefficient (Wildman–Crippen LogP) is -1.95. The molecule has 0 aromatic rings. The van der Waals surface area contributed by atoms with E-state index in [1.165, 1.54) is 13.5 Å². The van der Waals surface area contributed by atoms with Gasteiger partial charge in [0.1, 0.15) is 0 Å². The Kier molecular flexibility index (Phi) is 11.2. The molecule has 1 rings (SSSR count). The van der Waals surface area contributed by atoms with Crippen LogP contribution in [0.4, 0.5) is 0 Å².